The summed E-state index contributed by atoms with van der Waals surface area (Å²) in [4.78, 5) is 16.6. The number of hydrogen-bond donors (Lipinski definition) is 1. The number of pyridine rings is 1. The molecule has 100 valence electrons. The summed E-state index contributed by atoms with van der Waals surface area (Å²) in [6, 6.07) is 4.11. The number of nitrogens with zero attached hydrogens (tertiary/aromatic N) is 2. The zero-order valence-corrected chi connectivity index (χ0v) is 12.5. The van der Waals surface area contributed by atoms with Crippen molar-refractivity contribution in [2.24, 2.45) is 5.41 Å². The first kappa shape index (κ1) is 14.0. The van der Waals surface area contributed by atoms with Crippen molar-refractivity contribution in [2.75, 3.05) is 5.32 Å². The van der Waals surface area contributed by atoms with E-state index in [-0.39, 0.29) is 5.91 Å². The largest absolute Gasteiger partial charge is 0.309 e. The van der Waals surface area contributed by atoms with Crippen LogP contribution in [0.15, 0.2) is 16.7 Å². The molecule has 1 aliphatic rings. The van der Waals surface area contributed by atoms with Crippen LogP contribution in [0.1, 0.15) is 37.7 Å². The minimum Gasteiger partial charge on any atom is -0.309 e. The summed E-state index contributed by atoms with van der Waals surface area (Å²) in [5.41, 5.74) is 0.00558. The maximum atomic E-state index is 12.4. The highest BCUT2D eigenvalue weighted by Crippen LogP contribution is 2.36. The Morgan fingerprint density at radius 3 is 2.74 bits per heavy atom. The molecule has 0 aliphatic heterocycles. The summed E-state index contributed by atoms with van der Waals surface area (Å²) in [6.07, 6.45) is 5.91. The lowest BCUT2D eigenvalue weighted by atomic mass is 9.74. The van der Waals surface area contributed by atoms with E-state index in [0.717, 1.165) is 29.3 Å². The topological polar surface area (TPSA) is 65.8 Å². The van der Waals surface area contributed by atoms with Gasteiger partial charge in [-0.15, -0.1) is 0 Å². The Kier molecular flexibility index (Phi) is 4.20. The normalized spacial score (nSPS) is 17.5. The second-order valence-electron chi connectivity index (χ2n) is 5.03. The molecule has 0 saturated heterocycles. The second kappa shape index (κ2) is 5.70. The fourth-order valence-corrected chi connectivity index (χ4v) is 2.89. The molecule has 0 atom stereocenters. The van der Waals surface area contributed by atoms with Gasteiger partial charge >= 0.3 is 0 Å². The van der Waals surface area contributed by atoms with Crippen LogP contribution in [0.25, 0.3) is 0 Å². The average Bonchev–Trinajstić information content (AvgIpc) is 2.42. The Bertz CT molecular complexity index is 530. The number of carbonyl (C=O) groups excluding carboxylic acids is 1. The first-order chi connectivity index (χ1) is 9.07. The summed E-state index contributed by atoms with van der Waals surface area (Å²) < 4.78 is 0.871. The van der Waals surface area contributed by atoms with Gasteiger partial charge in [-0.2, -0.15) is 5.26 Å². The molecule has 0 radical (unpaired) electrons. The molecule has 1 saturated carbocycles. The zero-order chi connectivity index (χ0) is 13.9. The Morgan fingerprint density at radius 2 is 2.16 bits per heavy atom. The maximum absolute atomic E-state index is 12.4. The van der Waals surface area contributed by atoms with Gasteiger partial charge in [0.25, 0.3) is 0 Å². The van der Waals surface area contributed by atoms with Gasteiger partial charge in [-0.05, 0) is 47.3 Å². The average molecular weight is 322 g/mol. The highest BCUT2D eigenvalue weighted by atomic mass is 79.9. The van der Waals surface area contributed by atoms with Crippen molar-refractivity contribution < 1.29 is 4.79 Å². The SMILES string of the molecule is Cc1cc(Br)cnc1NC(=O)C1(C#N)CCCCC1. The van der Waals surface area contributed by atoms with Crippen LogP contribution < -0.4 is 5.32 Å². The van der Waals surface area contributed by atoms with Crippen LogP contribution in [-0.4, -0.2) is 10.9 Å². The lowest BCUT2D eigenvalue weighted by Gasteiger charge is -2.29. The molecule has 0 spiro atoms. The van der Waals surface area contributed by atoms with E-state index in [1.807, 2.05) is 13.0 Å². The van der Waals surface area contributed by atoms with Crippen molar-refractivity contribution in [3.05, 3.63) is 22.3 Å². The fraction of sp³-hybridized carbons (Fsp3) is 0.500. The lowest BCUT2D eigenvalue weighted by Crippen LogP contribution is -2.37. The number of aryl methyl sites for hydroxylation is 1. The van der Waals surface area contributed by atoms with Gasteiger partial charge in [-0.3, -0.25) is 4.79 Å². The minimum absolute atomic E-state index is 0.215. The molecule has 0 aromatic carbocycles. The van der Waals surface area contributed by atoms with Crippen LogP contribution in [0, 0.1) is 23.7 Å². The third kappa shape index (κ3) is 2.95. The van der Waals surface area contributed by atoms with E-state index in [1.165, 1.54) is 0 Å². The molecule has 1 amide bonds. The predicted octanol–water partition coefficient (Wildman–Crippen LogP) is 3.57. The van der Waals surface area contributed by atoms with Gasteiger partial charge in [0.2, 0.25) is 5.91 Å². The van der Waals surface area contributed by atoms with E-state index in [2.05, 4.69) is 32.3 Å². The molecule has 5 heteroatoms. The van der Waals surface area contributed by atoms with Crippen LogP contribution in [0.5, 0.6) is 0 Å². The lowest BCUT2D eigenvalue weighted by molar-refractivity contribution is -0.124. The standard InChI is InChI=1S/C14H16BrN3O/c1-10-7-11(15)8-17-12(10)18-13(19)14(9-16)5-3-2-4-6-14/h7-8H,2-6H2,1H3,(H,17,18,19). The van der Waals surface area contributed by atoms with Crippen molar-refractivity contribution in [1.82, 2.24) is 4.98 Å². The van der Waals surface area contributed by atoms with Crippen LogP contribution in [0.4, 0.5) is 5.82 Å². The molecule has 4 nitrogen and oxygen atoms in total. The van der Waals surface area contributed by atoms with E-state index in [4.69, 9.17) is 0 Å². The van der Waals surface area contributed by atoms with Gasteiger partial charge < -0.3 is 5.32 Å². The van der Waals surface area contributed by atoms with E-state index >= 15 is 0 Å². The van der Waals surface area contributed by atoms with Crippen LogP contribution in [0.2, 0.25) is 0 Å². The monoisotopic (exact) mass is 321 g/mol. The zero-order valence-electron chi connectivity index (χ0n) is 10.9. The third-order valence-electron chi connectivity index (χ3n) is 3.63. The number of halogens is 1. The van der Waals surface area contributed by atoms with Crippen molar-refractivity contribution in [2.45, 2.75) is 39.0 Å². The molecule has 1 heterocycles. The molecule has 1 aromatic heterocycles. The molecular weight excluding hydrogens is 306 g/mol. The molecule has 19 heavy (non-hydrogen) atoms. The van der Waals surface area contributed by atoms with Crippen LogP contribution in [0.3, 0.4) is 0 Å². The first-order valence-corrected chi connectivity index (χ1v) is 7.21. The Balaban J connectivity index is 2.18. The summed E-state index contributed by atoms with van der Waals surface area (Å²) >= 11 is 3.34. The molecule has 0 bridgehead atoms. The highest BCUT2D eigenvalue weighted by Gasteiger charge is 2.40. The summed E-state index contributed by atoms with van der Waals surface area (Å²) in [5, 5.41) is 12.2. The van der Waals surface area contributed by atoms with Crippen LogP contribution in [-0.2, 0) is 4.79 Å². The molecule has 1 aliphatic carbocycles. The van der Waals surface area contributed by atoms with Gasteiger partial charge in [-0.25, -0.2) is 4.98 Å². The quantitative estimate of drug-likeness (QED) is 0.905. The maximum Gasteiger partial charge on any atom is 0.246 e. The molecule has 1 fully saturated rings. The number of rotatable bonds is 2. The second-order valence-corrected chi connectivity index (χ2v) is 5.94. The van der Waals surface area contributed by atoms with Crippen molar-refractivity contribution in [1.29, 1.82) is 5.26 Å². The van der Waals surface area contributed by atoms with Gasteiger partial charge in [0.05, 0.1) is 6.07 Å². The Morgan fingerprint density at radius 1 is 1.47 bits per heavy atom. The number of amides is 1. The van der Waals surface area contributed by atoms with Gasteiger partial charge in [0.1, 0.15) is 11.2 Å². The summed E-state index contributed by atoms with van der Waals surface area (Å²) in [7, 11) is 0. The van der Waals surface area contributed by atoms with E-state index in [1.54, 1.807) is 6.20 Å². The Labute approximate surface area is 121 Å². The molecule has 2 rings (SSSR count). The molecule has 1 N–H and O–H groups in total. The number of anilines is 1. The minimum atomic E-state index is -0.876. The molecule has 1 aromatic rings. The van der Waals surface area contributed by atoms with Gasteiger partial charge in [-0.1, -0.05) is 19.3 Å². The number of hydrogen-bond acceptors (Lipinski definition) is 3. The predicted molar refractivity (Wildman–Crippen MR) is 76.4 cm³/mol. The first-order valence-electron chi connectivity index (χ1n) is 6.42. The van der Waals surface area contributed by atoms with Crippen molar-refractivity contribution in [3.63, 3.8) is 0 Å². The number of aromatic nitrogens is 1. The third-order valence-corrected chi connectivity index (χ3v) is 4.07. The van der Waals surface area contributed by atoms with Crippen molar-refractivity contribution >= 4 is 27.7 Å². The molecule has 0 unspecified atom stereocenters. The fourth-order valence-electron chi connectivity index (χ4n) is 2.44. The van der Waals surface area contributed by atoms with E-state index in [0.29, 0.717) is 18.7 Å². The summed E-state index contributed by atoms with van der Waals surface area (Å²) in [6.45, 7) is 1.88. The molecular formula is C14H16BrN3O. The Hall–Kier alpha value is -1.41. The number of carbonyl (C=O) groups is 1. The van der Waals surface area contributed by atoms with E-state index in [9.17, 15) is 10.1 Å². The smallest absolute Gasteiger partial charge is 0.246 e. The highest BCUT2D eigenvalue weighted by molar-refractivity contribution is 9.10. The van der Waals surface area contributed by atoms with E-state index < -0.39 is 5.41 Å². The van der Waals surface area contributed by atoms with Gasteiger partial charge in [0.15, 0.2) is 0 Å². The van der Waals surface area contributed by atoms with Gasteiger partial charge in [0, 0.05) is 10.7 Å². The summed E-state index contributed by atoms with van der Waals surface area (Å²) in [5.74, 6) is 0.320. The number of nitrogens with one attached hydrogen (secondary N) is 1. The van der Waals surface area contributed by atoms with Crippen LogP contribution >= 0.6 is 15.9 Å². The number of nitriles is 1. The van der Waals surface area contributed by atoms with Crippen molar-refractivity contribution in [3.8, 4) is 6.07 Å².